The standard InChI is InChI=1S/C6H14NO.Pb/c1-6(2,8)5-7(3)4;/h5H2,1-4H3;/q-1;+1. The third-order valence-corrected chi connectivity index (χ3v) is 3.12. The Labute approximate surface area is 73.9 Å². The van der Waals surface area contributed by atoms with E-state index in [1.54, 1.807) is 0 Å². The van der Waals surface area contributed by atoms with Gasteiger partial charge in [0.15, 0.2) is 0 Å². The molecule has 0 aromatic carbocycles. The van der Waals surface area contributed by atoms with Gasteiger partial charge in [-0.25, -0.2) is 0 Å². The van der Waals surface area contributed by atoms with Crippen molar-refractivity contribution >= 4 is 26.2 Å². The molecule has 0 saturated heterocycles. The first kappa shape index (κ1) is 9.84. The van der Waals surface area contributed by atoms with Crippen LogP contribution < -0.4 is 0 Å². The summed E-state index contributed by atoms with van der Waals surface area (Å²) in [6.07, 6.45) is 0. The number of hydrogen-bond acceptors (Lipinski definition) is 2. The van der Waals surface area contributed by atoms with Gasteiger partial charge >= 0.3 is 73.9 Å². The van der Waals surface area contributed by atoms with Crippen molar-refractivity contribution in [2.75, 3.05) is 20.6 Å². The first-order chi connectivity index (χ1) is 3.98. The average molecular weight is 323 g/mol. The van der Waals surface area contributed by atoms with Crippen LogP contribution in [0.25, 0.3) is 0 Å². The normalized spacial score (nSPS) is 12.7. The van der Waals surface area contributed by atoms with Gasteiger partial charge in [-0.15, -0.1) is 0 Å². The van der Waals surface area contributed by atoms with Crippen LogP contribution in [0.4, 0.5) is 0 Å². The molecule has 0 aliphatic rings. The fourth-order valence-corrected chi connectivity index (χ4v) is 1.04. The molecule has 0 atom stereocenters. The molecule has 9 heavy (non-hydrogen) atoms. The number of hydrogen-bond donors (Lipinski definition) is 0. The Bertz CT molecular complexity index is 83.1. The van der Waals surface area contributed by atoms with Gasteiger partial charge in [0.05, 0.1) is 0 Å². The molecule has 0 spiro atoms. The molecule has 3 radical (unpaired) electrons. The number of nitrogens with zero attached hydrogens (tertiary/aromatic N) is 1. The summed E-state index contributed by atoms with van der Waals surface area (Å²) in [5, 5.41) is 0. The zero-order valence-corrected chi connectivity index (χ0v) is 10.5. The SMILES string of the molecule is CN(C)CC(C)(C)[O][Pb]. The van der Waals surface area contributed by atoms with Crippen LogP contribution in [0.3, 0.4) is 0 Å². The number of rotatable bonds is 3. The van der Waals surface area contributed by atoms with Crippen LogP contribution in [0.15, 0.2) is 0 Å². The van der Waals surface area contributed by atoms with Gasteiger partial charge in [-0.1, -0.05) is 0 Å². The molecule has 0 heterocycles. The van der Waals surface area contributed by atoms with Crippen molar-refractivity contribution in [3.63, 3.8) is 0 Å². The van der Waals surface area contributed by atoms with E-state index in [9.17, 15) is 0 Å². The topological polar surface area (TPSA) is 12.5 Å². The Hall–Kier alpha value is 0.842. The molecule has 3 heteroatoms. The Balaban J connectivity index is 3.58. The Morgan fingerprint density at radius 1 is 1.44 bits per heavy atom. The van der Waals surface area contributed by atoms with Crippen molar-refractivity contribution in [3.05, 3.63) is 0 Å². The van der Waals surface area contributed by atoms with Gasteiger partial charge in [0.1, 0.15) is 0 Å². The zero-order valence-electron chi connectivity index (χ0n) is 6.56. The van der Waals surface area contributed by atoms with E-state index in [-0.39, 0.29) is 5.60 Å². The van der Waals surface area contributed by atoms with Crippen LogP contribution in [0.2, 0.25) is 0 Å². The van der Waals surface area contributed by atoms with E-state index in [4.69, 9.17) is 2.69 Å². The molecule has 0 bridgehead atoms. The second-order valence-electron chi connectivity index (χ2n) is 3.10. The van der Waals surface area contributed by atoms with Crippen molar-refractivity contribution in [2.45, 2.75) is 19.4 Å². The van der Waals surface area contributed by atoms with Crippen LogP contribution >= 0.6 is 0 Å². The molecule has 53 valence electrons. The summed E-state index contributed by atoms with van der Waals surface area (Å²) in [6, 6.07) is 0. The fraction of sp³-hybridized carbons (Fsp3) is 1.00. The van der Waals surface area contributed by atoms with Crippen LogP contribution in [0.1, 0.15) is 13.8 Å². The monoisotopic (exact) mass is 324 g/mol. The van der Waals surface area contributed by atoms with E-state index < -0.39 is 0 Å². The summed E-state index contributed by atoms with van der Waals surface area (Å²) in [6.45, 7) is 5.22. The Morgan fingerprint density at radius 2 is 1.89 bits per heavy atom. The second kappa shape index (κ2) is 3.88. The van der Waals surface area contributed by atoms with E-state index in [1.807, 2.05) is 0 Å². The molecule has 0 aromatic rings. The molecule has 0 aliphatic heterocycles. The van der Waals surface area contributed by atoms with Gasteiger partial charge < -0.3 is 0 Å². The quantitative estimate of drug-likeness (QED) is 0.699. The molecule has 2 nitrogen and oxygen atoms in total. The predicted octanol–water partition coefficient (Wildman–Crippen LogP) is 0.427. The maximum absolute atomic E-state index is 5.35. The summed E-state index contributed by atoms with van der Waals surface area (Å²) in [5.74, 6) is 0. The van der Waals surface area contributed by atoms with Gasteiger partial charge in [0.2, 0.25) is 0 Å². The summed E-state index contributed by atoms with van der Waals surface area (Å²) >= 11 is 0.826. The molecule has 0 aliphatic carbocycles. The minimum absolute atomic E-state index is 0.0513. The summed E-state index contributed by atoms with van der Waals surface area (Å²) in [4.78, 5) is 2.14. The molecule has 0 N–H and O–H groups in total. The Kier molecular flexibility index (Phi) is 4.24. The van der Waals surface area contributed by atoms with E-state index in [1.165, 1.54) is 0 Å². The van der Waals surface area contributed by atoms with Crippen LogP contribution in [-0.2, 0) is 2.69 Å². The average Bonchev–Trinajstić information content (AvgIpc) is 1.63. The van der Waals surface area contributed by atoms with Crippen molar-refractivity contribution in [2.24, 2.45) is 0 Å². The second-order valence-corrected chi connectivity index (χ2v) is 3.89. The first-order valence-corrected chi connectivity index (χ1v) is 4.56. The molecular weight excluding hydrogens is 309 g/mol. The summed E-state index contributed by atoms with van der Waals surface area (Å²) < 4.78 is 5.35. The van der Waals surface area contributed by atoms with Crippen molar-refractivity contribution in [3.8, 4) is 0 Å². The Morgan fingerprint density at radius 3 is 2.00 bits per heavy atom. The summed E-state index contributed by atoms with van der Waals surface area (Å²) in [7, 11) is 4.12. The third-order valence-electron chi connectivity index (χ3n) is 0.973. The van der Waals surface area contributed by atoms with Gasteiger partial charge in [-0.2, -0.15) is 0 Å². The first-order valence-electron chi connectivity index (χ1n) is 2.97. The van der Waals surface area contributed by atoms with Crippen molar-refractivity contribution < 1.29 is 2.69 Å². The minimum atomic E-state index is 0.0513. The molecule has 0 aromatic heterocycles. The van der Waals surface area contributed by atoms with Crippen molar-refractivity contribution in [1.29, 1.82) is 0 Å². The fourth-order valence-electron chi connectivity index (χ4n) is 0.794. The van der Waals surface area contributed by atoms with Gasteiger partial charge in [0.25, 0.3) is 0 Å². The summed E-state index contributed by atoms with van der Waals surface area (Å²) in [5.41, 5.74) is 0.0513. The van der Waals surface area contributed by atoms with E-state index >= 15 is 0 Å². The van der Waals surface area contributed by atoms with Crippen LogP contribution in [0, 0.1) is 0 Å². The van der Waals surface area contributed by atoms with Crippen LogP contribution in [-0.4, -0.2) is 57.4 Å². The van der Waals surface area contributed by atoms with Gasteiger partial charge in [0, 0.05) is 0 Å². The molecular formula is C6H14NOPb. The number of likely N-dealkylation sites (N-methyl/N-ethyl adjacent to an activating group) is 1. The third kappa shape index (κ3) is 5.29. The van der Waals surface area contributed by atoms with Crippen molar-refractivity contribution in [1.82, 2.24) is 4.90 Å². The van der Waals surface area contributed by atoms with E-state index in [2.05, 4.69) is 32.8 Å². The maximum atomic E-state index is 5.35. The molecule has 0 rings (SSSR count). The zero-order chi connectivity index (χ0) is 7.49. The van der Waals surface area contributed by atoms with Crippen LogP contribution in [0.5, 0.6) is 0 Å². The molecule has 0 fully saturated rings. The van der Waals surface area contributed by atoms with E-state index in [0.29, 0.717) is 0 Å². The molecule has 0 saturated carbocycles. The predicted molar refractivity (Wildman–Crippen MR) is 39.5 cm³/mol. The molecule has 0 amide bonds. The molecule has 0 unspecified atom stereocenters. The van der Waals surface area contributed by atoms with Gasteiger partial charge in [-0.05, 0) is 0 Å². The van der Waals surface area contributed by atoms with Gasteiger partial charge in [-0.3, -0.25) is 0 Å². The van der Waals surface area contributed by atoms with E-state index in [0.717, 1.165) is 32.8 Å².